The molecule has 7 nitrogen and oxygen atoms in total. The quantitative estimate of drug-likeness (QED) is 0.182. The van der Waals surface area contributed by atoms with Gasteiger partial charge in [0.1, 0.15) is 0 Å². The average Bonchev–Trinajstić information content (AvgIpc) is 2.63. The zero-order valence-corrected chi connectivity index (χ0v) is 16.5. The van der Waals surface area contributed by atoms with Crippen molar-refractivity contribution in [3.05, 3.63) is 13.8 Å². The topological polar surface area (TPSA) is 138 Å². The van der Waals surface area contributed by atoms with Gasteiger partial charge in [0.2, 0.25) is 0 Å². The van der Waals surface area contributed by atoms with Gasteiger partial charge in [0, 0.05) is 39.6 Å². The van der Waals surface area contributed by atoms with Crippen LogP contribution in [0.25, 0.3) is 0 Å². The van der Waals surface area contributed by atoms with Crippen molar-refractivity contribution in [3.63, 3.8) is 0 Å². The van der Waals surface area contributed by atoms with Crippen LogP contribution >= 0.6 is 0 Å². The van der Waals surface area contributed by atoms with E-state index in [2.05, 4.69) is 13.8 Å². The van der Waals surface area contributed by atoms with Crippen molar-refractivity contribution in [2.45, 2.75) is 51.4 Å². The molecule has 0 aliphatic heterocycles. The van der Waals surface area contributed by atoms with Crippen molar-refractivity contribution >= 4 is 0 Å². The van der Waals surface area contributed by atoms with Crippen molar-refractivity contribution in [1.29, 1.82) is 0 Å². The second-order valence-electron chi connectivity index (χ2n) is 4.17. The van der Waals surface area contributed by atoms with Crippen LogP contribution in [0.4, 0.5) is 0 Å². The van der Waals surface area contributed by atoms with E-state index >= 15 is 0 Å². The first-order valence-electron chi connectivity index (χ1n) is 8.10. The minimum atomic E-state index is 0.195. The first-order valence-corrected chi connectivity index (χ1v) is 8.74. The Morgan fingerprint density at radius 1 is 0.458 bits per heavy atom. The van der Waals surface area contributed by atoms with Gasteiger partial charge in [-0.15, -0.1) is 0 Å². The van der Waals surface area contributed by atoms with Gasteiger partial charge in [-0.05, 0) is 25.7 Å². The Balaban J connectivity index is -0.0000000647. The van der Waals surface area contributed by atoms with Crippen molar-refractivity contribution in [1.82, 2.24) is 0 Å². The molecule has 0 rings (SSSR count). The molecule has 148 valence electrons. The third kappa shape index (κ3) is 95.5. The Morgan fingerprint density at radius 3 is 0.667 bits per heavy atom. The number of unbranched alkanes of at least 4 members (excludes halogenated alkanes) is 4. The second-order valence-corrected chi connectivity index (χ2v) is 4.17. The zero-order valence-electron chi connectivity index (χ0n) is 14.9. The van der Waals surface area contributed by atoms with Gasteiger partial charge in [-0.1, -0.05) is 12.8 Å². The molecule has 0 heterocycles. The first-order chi connectivity index (χ1) is 11.7. The molecule has 0 radical (unpaired) electrons. The Hall–Kier alpha value is 0.274. The molecule has 0 spiro atoms. The van der Waals surface area contributed by atoms with Crippen LogP contribution in [0.1, 0.15) is 51.4 Å². The van der Waals surface area contributed by atoms with Crippen LogP contribution in [0.2, 0.25) is 0 Å². The summed E-state index contributed by atoms with van der Waals surface area (Å²) in [5.41, 5.74) is 0. The number of hydrogen-bond donors (Lipinski definition) is 6. The molecule has 0 aromatic rings. The van der Waals surface area contributed by atoms with Crippen LogP contribution in [-0.4, -0.2) is 70.3 Å². The molecular formula is C16H38O7Ti. The van der Waals surface area contributed by atoms with Crippen LogP contribution < -0.4 is 0 Å². The molecule has 0 amide bonds. The van der Waals surface area contributed by atoms with Crippen LogP contribution in [0, 0.1) is 13.8 Å². The summed E-state index contributed by atoms with van der Waals surface area (Å²) >= 11 is 0.750. The molecule has 0 saturated carbocycles. The fraction of sp³-hybridized carbons (Fsp3) is 0.875. The van der Waals surface area contributed by atoms with E-state index in [1.165, 1.54) is 0 Å². The number of aliphatic hydroxyl groups is 6. The standard InChI is InChI=1S/2C4H10O2.2C4H9O.O.Ti/c2*5-3-1-2-4-6;2*1-2-3-4-5;;/h2*5-6H,1-4H2;2*5H,1-4H2;;/q;;2*-1;;+2. The summed E-state index contributed by atoms with van der Waals surface area (Å²) in [6.45, 7) is 8.37. The SMILES string of the molecule is OCCCCO.OCCCCO.[CH2-]CCCO.[CH2-]CCCO.[O]=[Ti+2]. The fourth-order valence-corrected chi connectivity index (χ4v) is 0.671. The second kappa shape index (κ2) is 56.7. The summed E-state index contributed by atoms with van der Waals surface area (Å²) < 4.78 is 8.25. The van der Waals surface area contributed by atoms with E-state index in [1.807, 2.05) is 0 Å². The third-order valence-electron chi connectivity index (χ3n) is 1.95. The van der Waals surface area contributed by atoms with E-state index in [-0.39, 0.29) is 39.6 Å². The predicted molar refractivity (Wildman–Crippen MR) is 90.9 cm³/mol. The maximum absolute atomic E-state index is 8.25. The Kier molecular flexibility index (Phi) is 83.6. The Morgan fingerprint density at radius 2 is 0.625 bits per heavy atom. The van der Waals surface area contributed by atoms with Crippen molar-refractivity contribution in [2.75, 3.05) is 39.6 Å². The summed E-state index contributed by atoms with van der Waals surface area (Å²) in [7, 11) is 0. The van der Waals surface area contributed by atoms with E-state index in [0.717, 1.165) is 71.8 Å². The summed E-state index contributed by atoms with van der Waals surface area (Å²) in [6.07, 6.45) is 6.23. The van der Waals surface area contributed by atoms with E-state index in [9.17, 15) is 0 Å². The first kappa shape index (κ1) is 35.4. The fourth-order valence-electron chi connectivity index (χ4n) is 0.671. The molecule has 0 aromatic carbocycles. The molecule has 24 heavy (non-hydrogen) atoms. The Labute approximate surface area is 159 Å². The van der Waals surface area contributed by atoms with Gasteiger partial charge in [-0.2, -0.15) is 12.8 Å². The molecule has 0 bridgehead atoms. The summed E-state index contributed by atoms with van der Waals surface area (Å²) in [5, 5.41) is 48.4. The van der Waals surface area contributed by atoms with E-state index in [4.69, 9.17) is 34.0 Å². The predicted octanol–water partition coefficient (Wildman–Crippen LogP) is 0.567. The van der Waals surface area contributed by atoms with Crippen molar-refractivity contribution in [2.24, 2.45) is 0 Å². The molecule has 6 N–H and O–H groups in total. The number of aliphatic hydroxyl groups excluding tert-OH is 6. The number of rotatable bonds is 10. The number of hydrogen-bond acceptors (Lipinski definition) is 7. The van der Waals surface area contributed by atoms with E-state index < -0.39 is 0 Å². The molecular weight excluding hydrogens is 352 g/mol. The summed E-state index contributed by atoms with van der Waals surface area (Å²) in [5.74, 6) is 0. The van der Waals surface area contributed by atoms with Gasteiger partial charge >= 0.3 is 23.7 Å². The molecule has 0 unspecified atom stereocenters. The molecule has 0 atom stereocenters. The summed E-state index contributed by atoms with van der Waals surface area (Å²) in [4.78, 5) is 0. The third-order valence-corrected chi connectivity index (χ3v) is 1.95. The molecule has 8 heteroatoms. The normalized spacial score (nSPS) is 8.25. The molecule has 0 aliphatic carbocycles. The van der Waals surface area contributed by atoms with Gasteiger partial charge < -0.3 is 44.5 Å². The van der Waals surface area contributed by atoms with Crippen molar-refractivity contribution in [3.8, 4) is 0 Å². The van der Waals surface area contributed by atoms with E-state index in [1.54, 1.807) is 0 Å². The molecule has 0 aliphatic rings. The average molecular weight is 390 g/mol. The molecule has 0 aromatic heterocycles. The van der Waals surface area contributed by atoms with Gasteiger partial charge in [0.15, 0.2) is 0 Å². The summed E-state index contributed by atoms with van der Waals surface area (Å²) in [6, 6.07) is 0. The minimum absolute atomic E-state index is 0.195. The van der Waals surface area contributed by atoms with Crippen molar-refractivity contribution < 1.29 is 54.4 Å². The van der Waals surface area contributed by atoms with Crippen LogP contribution in [0.3, 0.4) is 0 Å². The zero-order chi connectivity index (χ0) is 19.9. The van der Waals surface area contributed by atoms with Gasteiger partial charge in [0.25, 0.3) is 0 Å². The van der Waals surface area contributed by atoms with Gasteiger partial charge in [-0.3, -0.25) is 0 Å². The van der Waals surface area contributed by atoms with Gasteiger partial charge in [0.05, 0.1) is 0 Å². The van der Waals surface area contributed by atoms with E-state index in [0.29, 0.717) is 0 Å². The van der Waals surface area contributed by atoms with Crippen LogP contribution in [0.5, 0.6) is 0 Å². The molecule has 0 fully saturated rings. The van der Waals surface area contributed by atoms with Crippen LogP contribution in [0.15, 0.2) is 0 Å². The van der Waals surface area contributed by atoms with Gasteiger partial charge in [-0.25, -0.2) is 0 Å². The molecule has 0 saturated heterocycles. The maximum atomic E-state index is 8.25. The Bertz CT molecular complexity index is 118. The monoisotopic (exact) mass is 390 g/mol. The van der Waals surface area contributed by atoms with Crippen LogP contribution in [-0.2, 0) is 23.7 Å².